The van der Waals surface area contributed by atoms with Crippen molar-refractivity contribution in [2.75, 3.05) is 6.54 Å². The highest BCUT2D eigenvalue weighted by molar-refractivity contribution is 5.76. The molecular weight excluding hydrogens is 200 g/mol. The Morgan fingerprint density at radius 2 is 2.13 bits per heavy atom. The Balaban J connectivity index is 2.05. The lowest BCUT2D eigenvalue weighted by atomic mass is 10.2. The van der Waals surface area contributed by atoms with Crippen molar-refractivity contribution in [1.29, 1.82) is 0 Å². The predicted octanol–water partition coefficient (Wildman–Crippen LogP) is -0.394. The molecule has 0 radical (unpaired) electrons. The van der Waals surface area contributed by atoms with Crippen LogP contribution in [0.1, 0.15) is 12.8 Å². The molecule has 1 saturated heterocycles. The molecule has 1 aromatic rings. The van der Waals surface area contributed by atoms with E-state index in [2.05, 4.69) is 5.32 Å². The van der Waals surface area contributed by atoms with Gasteiger partial charge in [-0.05, 0) is 19.4 Å². The van der Waals surface area contributed by atoms with E-state index in [1.807, 2.05) is 0 Å². The molecule has 82 valence electrons. The normalized spacial score (nSPS) is 20.4. The van der Waals surface area contributed by atoms with Crippen molar-refractivity contribution in [2.24, 2.45) is 0 Å². The molecule has 3 N–H and O–H groups in total. The van der Waals surface area contributed by atoms with Gasteiger partial charge in [-0.25, -0.2) is 4.79 Å². The Hall–Kier alpha value is -1.69. The largest absolute Gasteiger partial charge is 0.492 e. The fourth-order valence-corrected chi connectivity index (χ4v) is 1.53. The van der Waals surface area contributed by atoms with Gasteiger partial charge in [0.1, 0.15) is 6.04 Å². The summed E-state index contributed by atoms with van der Waals surface area (Å²) in [6.07, 6.45) is 1.63. The number of hydrogen-bond acceptors (Lipinski definition) is 5. The molecule has 1 aliphatic rings. The second kappa shape index (κ2) is 3.82. The summed E-state index contributed by atoms with van der Waals surface area (Å²) < 4.78 is 0.697. The first-order valence-corrected chi connectivity index (χ1v) is 4.74. The van der Waals surface area contributed by atoms with Crippen molar-refractivity contribution in [1.82, 2.24) is 10.0 Å². The van der Waals surface area contributed by atoms with Crippen molar-refractivity contribution in [3.63, 3.8) is 0 Å². The first kappa shape index (κ1) is 9.85. The van der Waals surface area contributed by atoms with E-state index in [0.29, 0.717) is 11.2 Å². The maximum atomic E-state index is 11.5. The fourth-order valence-electron chi connectivity index (χ4n) is 1.53. The zero-order valence-electron chi connectivity index (χ0n) is 8.01. The molecule has 0 unspecified atom stereocenters. The summed E-state index contributed by atoms with van der Waals surface area (Å²) in [6, 6.07) is 2.13. The highest BCUT2D eigenvalue weighted by atomic mass is 16.7. The molecule has 6 nitrogen and oxygen atoms in total. The average molecular weight is 212 g/mol. The average Bonchev–Trinajstić information content (AvgIpc) is 2.82. The van der Waals surface area contributed by atoms with E-state index in [4.69, 9.17) is 4.84 Å². The summed E-state index contributed by atoms with van der Waals surface area (Å²) in [6.45, 7) is 0.781. The Morgan fingerprint density at radius 1 is 1.47 bits per heavy atom. The Morgan fingerprint density at radius 3 is 2.67 bits per heavy atom. The zero-order valence-corrected chi connectivity index (χ0v) is 8.01. The third-order valence-electron chi connectivity index (χ3n) is 2.32. The molecule has 1 aromatic heterocycles. The molecule has 1 fully saturated rings. The van der Waals surface area contributed by atoms with Gasteiger partial charge in [0.15, 0.2) is 0 Å². The molecule has 0 aromatic carbocycles. The van der Waals surface area contributed by atoms with Gasteiger partial charge in [-0.1, -0.05) is 0 Å². The monoisotopic (exact) mass is 212 g/mol. The van der Waals surface area contributed by atoms with E-state index in [1.54, 1.807) is 0 Å². The first-order valence-electron chi connectivity index (χ1n) is 4.74. The topological polar surface area (TPSA) is 83.7 Å². The third kappa shape index (κ3) is 1.89. The second-order valence-corrected chi connectivity index (χ2v) is 3.40. The van der Waals surface area contributed by atoms with Crippen LogP contribution in [-0.4, -0.2) is 33.5 Å². The summed E-state index contributed by atoms with van der Waals surface area (Å²) in [5.41, 5.74) is 0. The molecule has 0 amide bonds. The van der Waals surface area contributed by atoms with Crippen LogP contribution in [-0.2, 0) is 4.79 Å². The van der Waals surface area contributed by atoms with Crippen LogP contribution in [0.4, 0.5) is 0 Å². The number of carbonyl (C=O) groups excluding carboxylic acids is 1. The molecule has 1 aliphatic heterocycles. The number of aromatic nitrogens is 1. The molecule has 1 atom stereocenters. The lowest BCUT2D eigenvalue weighted by molar-refractivity contribution is -0.147. The second-order valence-electron chi connectivity index (χ2n) is 3.40. The standard InChI is InChI=1S/C9H12N2O4/c12-7-3-4-8(13)11(7)15-9(14)6-2-1-5-10-6/h3-4,6,10,12-13H,1-2,5H2/t6-/m0/s1. The number of nitrogens with one attached hydrogen (secondary N) is 1. The van der Waals surface area contributed by atoms with E-state index >= 15 is 0 Å². The van der Waals surface area contributed by atoms with Crippen LogP contribution < -0.4 is 10.2 Å². The van der Waals surface area contributed by atoms with Gasteiger partial charge in [0.25, 0.3) is 0 Å². The van der Waals surface area contributed by atoms with Crippen molar-refractivity contribution in [3.05, 3.63) is 12.1 Å². The third-order valence-corrected chi connectivity index (χ3v) is 2.32. The van der Waals surface area contributed by atoms with Gasteiger partial charge in [0.2, 0.25) is 11.8 Å². The van der Waals surface area contributed by atoms with Gasteiger partial charge in [-0.2, -0.15) is 0 Å². The molecular formula is C9H12N2O4. The van der Waals surface area contributed by atoms with E-state index < -0.39 is 5.97 Å². The van der Waals surface area contributed by atoms with Crippen molar-refractivity contribution in [2.45, 2.75) is 18.9 Å². The number of nitrogens with zero attached hydrogens (tertiary/aromatic N) is 1. The maximum Gasteiger partial charge on any atom is 0.349 e. The van der Waals surface area contributed by atoms with Crippen LogP contribution in [0, 0.1) is 0 Å². The van der Waals surface area contributed by atoms with Crippen molar-refractivity contribution >= 4 is 5.97 Å². The number of rotatable bonds is 2. The minimum Gasteiger partial charge on any atom is -0.492 e. The highest BCUT2D eigenvalue weighted by Crippen LogP contribution is 2.19. The maximum absolute atomic E-state index is 11.5. The highest BCUT2D eigenvalue weighted by Gasteiger charge is 2.25. The summed E-state index contributed by atoms with van der Waals surface area (Å²) in [4.78, 5) is 16.3. The van der Waals surface area contributed by atoms with Gasteiger partial charge >= 0.3 is 5.97 Å². The summed E-state index contributed by atoms with van der Waals surface area (Å²) in [5.74, 6) is -1.12. The van der Waals surface area contributed by atoms with Crippen LogP contribution in [0.2, 0.25) is 0 Å². The number of carbonyl (C=O) groups is 1. The Bertz CT molecular complexity index is 349. The van der Waals surface area contributed by atoms with Gasteiger partial charge in [-0.15, -0.1) is 4.73 Å². The smallest absolute Gasteiger partial charge is 0.349 e. The lowest BCUT2D eigenvalue weighted by Gasteiger charge is -2.10. The first-order chi connectivity index (χ1) is 7.18. The van der Waals surface area contributed by atoms with E-state index in [1.165, 1.54) is 12.1 Å². The molecule has 0 bridgehead atoms. The SMILES string of the molecule is O=C(On1c(O)ccc1O)[C@@H]1CCCN1. The van der Waals surface area contributed by atoms with Crippen LogP contribution in [0.15, 0.2) is 12.1 Å². The number of hydrogen-bond donors (Lipinski definition) is 3. The van der Waals surface area contributed by atoms with Crippen LogP contribution in [0.5, 0.6) is 11.8 Å². The van der Waals surface area contributed by atoms with E-state index in [-0.39, 0.29) is 17.8 Å². The van der Waals surface area contributed by atoms with E-state index in [9.17, 15) is 15.0 Å². The van der Waals surface area contributed by atoms with Crippen molar-refractivity contribution in [3.8, 4) is 11.8 Å². The Kier molecular flexibility index (Phi) is 2.51. The van der Waals surface area contributed by atoms with Gasteiger partial charge < -0.3 is 20.4 Å². The summed E-state index contributed by atoms with van der Waals surface area (Å²) >= 11 is 0. The van der Waals surface area contributed by atoms with Gasteiger partial charge in [0.05, 0.1) is 0 Å². The molecule has 0 aliphatic carbocycles. The molecule has 0 saturated carbocycles. The van der Waals surface area contributed by atoms with Gasteiger partial charge in [-0.3, -0.25) is 0 Å². The Labute approximate surface area is 86.0 Å². The molecule has 2 heterocycles. The van der Waals surface area contributed by atoms with Gasteiger partial charge in [0, 0.05) is 12.1 Å². The minimum atomic E-state index is -0.505. The van der Waals surface area contributed by atoms with Crippen molar-refractivity contribution < 1.29 is 19.8 Å². The van der Waals surface area contributed by atoms with Crippen LogP contribution in [0.25, 0.3) is 0 Å². The molecule has 15 heavy (non-hydrogen) atoms. The predicted molar refractivity (Wildman–Crippen MR) is 50.4 cm³/mol. The molecule has 2 rings (SSSR count). The summed E-state index contributed by atoms with van der Waals surface area (Å²) in [5, 5.41) is 21.4. The molecule has 6 heteroatoms. The van der Waals surface area contributed by atoms with Crippen LogP contribution in [0.3, 0.4) is 0 Å². The van der Waals surface area contributed by atoms with E-state index in [0.717, 1.165) is 13.0 Å². The molecule has 0 spiro atoms. The quantitative estimate of drug-likeness (QED) is 0.621. The fraction of sp³-hybridized carbons (Fsp3) is 0.444. The number of aromatic hydroxyl groups is 2. The summed E-state index contributed by atoms with van der Waals surface area (Å²) in [7, 11) is 0. The minimum absolute atomic E-state index is 0.307. The zero-order chi connectivity index (χ0) is 10.8. The lowest BCUT2D eigenvalue weighted by Crippen LogP contribution is -2.37. The van der Waals surface area contributed by atoms with Crippen LogP contribution >= 0.6 is 0 Å².